The van der Waals surface area contributed by atoms with E-state index in [0.717, 1.165) is 28.5 Å². The van der Waals surface area contributed by atoms with E-state index >= 15 is 0 Å². The standard InChI is InChI=1S/C17H21N2O3.ClH/c1-12-10-14(19(3)17(20)18(12)2)8-6-13-7-9-15(21-4)11-16(13)22-5;/h6-11H,1-5H3;1H/q+1;/p-1. The molecule has 0 N–H and O–H groups in total. The lowest BCUT2D eigenvalue weighted by Gasteiger charge is -2.07. The van der Waals surface area contributed by atoms with Gasteiger partial charge in [-0.05, 0) is 31.2 Å². The predicted molar refractivity (Wildman–Crippen MR) is 86.1 cm³/mol. The fourth-order valence-corrected chi connectivity index (χ4v) is 2.19. The maximum absolute atomic E-state index is 12.1. The van der Waals surface area contributed by atoms with E-state index in [1.807, 2.05) is 43.3 Å². The van der Waals surface area contributed by atoms with E-state index < -0.39 is 0 Å². The van der Waals surface area contributed by atoms with E-state index in [0.29, 0.717) is 0 Å². The first-order valence-electron chi connectivity index (χ1n) is 6.94. The molecule has 0 saturated carbocycles. The zero-order valence-electron chi connectivity index (χ0n) is 14.0. The van der Waals surface area contributed by atoms with Crippen LogP contribution in [0.2, 0.25) is 0 Å². The molecule has 0 atom stereocenters. The van der Waals surface area contributed by atoms with E-state index in [-0.39, 0.29) is 18.1 Å². The Morgan fingerprint density at radius 3 is 2.43 bits per heavy atom. The van der Waals surface area contributed by atoms with Crippen LogP contribution in [0, 0.1) is 6.92 Å². The molecule has 5 nitrogen and oxygen atoms in total. The molecule has 0 spiro atoms. The molecule has 0 amide bonds. The van der Waals surface area contributed by atoms with E-state index in [1.54, 1.807) is 37.4 Å². The molecule has 124 valence electrons. The molecule has 0 unspecified atom stereocenters. The number of hydrogen-bond acceptors (Lipinski definition) is 3. The highest BCUT2D eigenvalue weighted by atomic mass is 35.5. The summed E-state index contributed by atoms with van der Waals surface area (Å²) in [5.41, 5.74) is 2.60. The van der Waals surface area contributed by atoms with Gasteiger partial charge >= 0.3 is 5.69 Å². The second kappa shape index (κ2) is 7.83. The smallest absolute Gasteiger partial charge is 0.498 e. The molecular formula is C17H21ClN2O3. The minimum Gasteiger partial charge on any atom is -1.00 e. The molecule has 2 aromatic rings. The summed E-state index contributed by atoms with van der Waals surface area (Å²) in [7, 11) is 6.76. The van der Waals surface area contributed by atoms with Gasteiger partial charge in [-0.2, -0.15) is 13.9 Å². The lowest BCUT2D eigenvalue weighted by molar-refractivity contribution is -0.692. The monoisotopic (exact) mass is 336 g/mol. The molecule has 0 fully saturated rings. The van der Waals surface area contributed by atoms with Gasteiger partial charge in [-0.15, -0.1) is 0 Å². The normalized spacial score (nSPS) is 10.5. The van der Waals surface area contributed by atoms with Gasteiger partial charge in [-0.3, -0.25) is 0 Å². The zero-order chi connectivity index (χ0) is 16.3. The van der Waals surface area contributed by atoms with Crippen molar-refractivity contribution in [1.29, 1.82) is 0 Å². The molecule has 6 heteroatoms. The highest BCUT2D eigenvalue weighted by Gasteiger charge is 2.11. The Labute approximate surface area is 142 Å². The maximum atomic E-state index is 12.1. The minimum absolute atomic E-state index is 0. The molecule has 0 saturated heterocycles. The summed E-state index contributed by atoms with van der Waals surface area (Å²) in [5, 5.41) is 0. The minimum atomic E-state index is -0.0543. The fourth-order valence-electron chi connectivity index (χ4n) is 2.19. The molecule has 0 bridgehead atoms. The van der Waals surface area contributed by atoms with Crippen molar-refractivity contribution in [3.05, 3.63) is 51.7 Å². The van der Waals surface area contributed by atoms with Gasteiger partial charge in [0, 0.05) is 17.7 Å². The van der Waals surface area contributed by atoms with E-state index in [1.165, 1.54) is 0 Å². The molecule has 0 aliphatic rings. The Hall–Kier alpha value is -2.27. The van der Waals surface area contributed by atoms with Gasteiger partial charge in [0.15, 0.2) is 0 Å². The Kier molecular flexibility index (Phi) is 6.39. The van der Waals surface area contributed by atoms with Crippen LogP contribution in [-0.2, 0) is 14.1 Å². The Bertz CT molecular complexity index is 782. The number of hydrogen-bond donors (Lipinski definition) is 0. The number of benzene rings is 1. The van der Waals surface area contributed by atoms with E-state index in [9.17, 15) is 4.79 Å². The summed E-state index contributed by atoms with van der Waals surface area (Å²) < 4.78 is 13.8. The van der Waals surface area contributed by atoms with E-state index in [4.69, 9.17) is 9.47 Å². The molecule has 1 heterocycles. The molecular weight excluding hydrogens is 316 g/mol. The SMILES string of the molecule is COc1ccc(C=Cc2cc(C)n(C)c(=O)[n+]2C)c(OC)c1.[Cl-]. The Balaban J connectivity index is 0.00000264. The van der Waals surface area contributed by atoms with Crippen LogP contribution in [-0.4, -0.2) is 18.8 Å². The summed E-state index contributed by atoms with van der Waals surface area (Å²) in [5.74, 6) is 1.46. The topological polar surface area (TPSA) is 44.3 Å². The zero-order valence-corrected chi connectivity index (χ0v) is 14.7. The van der Waals surface area contributed by atoms with Crippen LogP contribution in [0.4, 0.5) is 0 Å². The molecule has 0 aliphatic heterocycles. The van der Waals surface area contributed by atoms with Crippen molar-refractivity contribution in [1.82, 2.24) is 4.57 Å². The van der Waals surface area contributed by atoms with Gasteiger partial charge in [0.25, 0.3) is 0 Å². The van der Waals surface area contributed by atoms with Gasteiger partial charge in [0.2, 0.25) is 0 Å². The summed E-state index contributed by atoms with van der Waals surface area (Å²) >= 11 is 0. The molecule has 23 heavy (non-hydrogen) atoms. The summed E-state index contributed by atoms with van der Waals surface area (Å²) in [4.78, 5) is 12.1. The average molecular weight is 337 g/mol. The van der Waals surface area contributed by atoms with Crippen LogP contribution < -0.4 is 32.1 Å². The van der Waals surface area contributed by atoms with Crippen LogP contribution in [0.5, 0.6) is 11.5 Å². The number of aryl methyl sites for hydroxylation is 1. The van der Waals surface area contributed by atoms with Crippen molar-refractivity contribution in [2.24, 2.45) is 14.1 Å². The van der Waals surface area contributed by atoms with Crippen molar-refractivity contribution in [3.63, 3.8) is 0 Å². The first-order chi connectivity index (χ1) is 10.5. The van der Waals surface area contributed by atoms with Crippen molar-refractivity contribution in [2.45, 2.75) is 6.92 Å². The summed E-state index contributed by atoms with van der Waals surface area (Å²) in [6.45, 7) is 1.91. The van der Waals surface area contributed by atoms with Gasteiger partial charge in [0.1, 0.15) is 22.9 Å². The summed E-state index contributed by atoms with van der Waals surface area (Å²) in [6, 6.07) is 7.59. The van der Waals surface area contributed by atoms with Crippen LogP contribution in [0.25, 0.3) is 12.2 Å². The van der Waals surface area contributed by atoms with Crippen molar-refractivity contribution < 1.29 is 26.4 Å². The van der Waals surface area contributed by atoms with Crippen molar-refractivity contribution >= 4 is 12.2 Å². The number of halogens is 1. The first kappa shape index (κ1) is 18.8. The predicted octanol–water partition coefficient (Wildman–Crippen LogP) is -1.29. The molecule has 0 aliphatic carbocycles. The fraction of sp³-hybridized carbons (Fsp3) is 0.294. The largest absolute Gasteiger partial charge is 1.00 e. The third-order valence-corrected chi connectivity index (χ3v) is 3.72. The second-order valence-corrected chi connectivity index (χ2v) is 5.05. The number of nitrogens with zero attached hydrogens (tertiary/aromatic N) is 2. The Morgan fingerprint density at radius 1 is 1.13 bits per heavy atom. The van der Waals surface area contributed by atoms with Gasteiger partial charge in [0.05, 0.1) is 28.3 Å². The van der Waals surface area contributed by atoms with Crippen LogP contribution in [0.1, 0.15) is 17.0 Å². The Morgan fingerprint density at radius 2 is 1.83 bits per heavy atom. The van der Waals surface area contributed by atoms with Gasteiger partial charge in [-0.25, -0.2) is 0 Å². The maximum Gasteiger partial charge on any atom is 0.498 e. The van der Waals surface area contributed by atoms with Crippen LogP contribution in [0.3, 0.4) is 0 Å². The highest BCUT2D eigenvalue weighted by Crippen LogP contribution is 2.25. The van der Waals surface area contributed by atoms with Crippen molar-refractivity contribution in [3.8, 4) is 11.5 Å². The highest BCUT2D eigenvalue weighted by molar-refractivity contribution is 5.71. The van der Waals surface area contributed by atoms with Crippen LogP contribution in [0.15, 0.2) is 29.1 Å². The third kappa shape index (κ3) is 3.93. The molecule has 1 aromatic carbocycles. The number of ether oxygens (including phenoxy) is 2. The van der Waals surface area contributed by atoms with E-state index in [2.05, 4.69) is 0 Å². The average Bonchev–Trinajstić information content (AvgIpc) is 2.54. The van der Waals surface area contributed by atoms with Gasteiger partial charge < -0.3 is 21.9 Å². The van der Waals surface area contributed by atoms with Gasteiger partial charge in [-0.1, -0.05) is 0 Å². The first-order valence-corrected chi connectivity index (χ1v) is 6.94. The lowest BCUT2D eigenvalue weighted by atomic mass is 10.1. The second-order valence-electron chi connectivity index (χ2n) is 5.05. The number of aromatic nitrogens is 2. The van der Waals surface area contributed by atoms with Crippen molar-refractivity contribution in [2.75, 3.05) is 14.2 Å². The number of methoxy groups -OCH3 is 2. The molecule has 2 rings (SSSR count). The quantitative estimate of drug-likeness (QED) is 0.653. The molecule has 1 aromatic heterocycles. The number of rotatable bonds is 4. The van der Waals surface area contributed by atoms with Crippen LogP contribution >= 0.6 is 0 Å². The lowest BCUT2D eigenvalue weighted by Crippen LogP contribution is -3.00. The molecule has 0 radical (unpaired) electrons. The summed E-state index contributed by atoms with van der Waals surface area (Å²) in [6.07, 6.45) is 3.82. The third-order valence-electron chi connectivity index (χ3n) is 3.72.